The summed E-state index contributed by atoms with van der Waals surface area (Å²) in [6.45, 7) is 20.0. The maximum absolute atomic E-state index is 7.47. The average Bonchev–Trinajstić information content (AvgIpc) is 1.90. The van der Waals surface area contributed by atoms with Gasteiger partial charge in [-0.05, 0) is 0 Å². The summed E-state index contributed by atoms with van der Waals surface area (Å²) in [7, 11) is 10.1. The van der Waals surface area contributed by atoms with Gasteiger partial charge in [0.1, 0.15) is 0 Å². The molecule has 0 saturated heterocycles. The first-order chi connectivity index (χ1) is 8.18. The van der Waals surface area contributed by atoms with E-state index in [1.165, 1.54) is 0 Å². The van der Waals surface area contributed by atoms with E-state index in [0.717, 1.165) is 0 Å². The third-order valence-electron chi connectivity index (χ3n) is 3.82. The number of hydrogen-bond acceptors (Lipinski definition) is 2. The molecule has 2 N–H and O–H groups in total. The second-order valence-electron chi connectivity index (χ2n) is 8.32. The van der Waals surface area contributed by atoms with E-state index in [0.29, 0.717) is 0 Å². The van der Waals surface area contributed by atoms with Gasteiger partial charge >= 0.3 is 149 Å². The Hall–Kier alpha value is 2.70. The van der Waals surface area contributed by atoms with E-state index in [1.807, 2.05) is 0 Å². The molecule has 124 valence electrons. The average molecular weight is 495 g/mol. The third kappa shape index (κ3) is 3.68. The van der Waals surface area contributed by atoms with Crippen molar-refractivity contribution in [1.82, 2.24) is 3.29 Å². The van der Waals surface area contributed by atoms with Crippen molar-refractivity contribution in [2.75, 3.05) is 0 Å². The number of halogens is 4. The topological polar surface area (TPSA) is 29.3 Å². The van der Waals surface area contributed by atoms with E-state index in [-0.39, 0.29) is 0 Å². The van der Waals surface area contributed by atoms with E-state index in [4.69, 9.17) is 46.8 Å². The molecule has 0 aromatic carbocycles. The maximum atomic E-state index is 7.47. The van der Waals surface area contributed by atoms with Crippen LogP contribution >= 0.6 is 46.6 Å². The molecule has 0 bridgehead atoms. The van der Waals surface area contributed by atoms with Gasteiger partial charge in [0.15, 0.2) is 0 Å². The Kier molecular flexibility index (Phi) is 6.70. The summed E-state index contributed by atoms with van der Waals surface area (Å²) in [4.78, 5) is 0. The van der Waals surface area contributed by atoms with Crippen LogP contribution in [0.2, 0.25) is 58.9 Å². The molecule has 11 heteroatoms. The van der Waals surface area contributed by atoms with Gasteiger partial charge in [-0.1, -0.05) is 0 Å². The normalized spacial score (nSPS) is 18.1. The summed E-state index contributed by atoms with van der Waals surface area (Å²) < 4.78 is 2.17. The van der Waals surface area contributed by atoms with Gasteiger partial charge in [0.25, 0.3) is 0 Å². The first-order valence-corrected chi connectivity index (χ1v) is 31.1. The molecule has 0 aliphatic rings. The summed E-state index contributed by atoms with van der Waals surface area (Å²) in [5.41, 5.74) is 7.19. The van der Waals surface area contributed by atoms with E-state index in [1.54, 1.807) is 0 Å². The molecule has 2 nitrogen and oxygen atoms in total. The van der Waals surface area contributed by atoms with Crippen LogP contribution in [0.15, 0.2) is 0 Å². The molecular weight excluding hydrogens is 466 g/mol. The monoisotopic (exact) mass is 494 g/mol. The Labute approximate surface area is 147 Å². The standard InChI is InChI=1S/C9H29Cl4GeN2PSi3/c1-18(2,3)16(14(10,11)12)17(13,15,19(4,5)6)20(7,8)9/h15H2,1-9H3. The molecule has 0 radical (unpaired) electrons. The van der Waals surface area contributed by atoms with Gasteiger partial charge in [-0.25, -0.2) is 0 Å². The Balaban J connectivity index is 6.73. The van der Waals surface area contributed by atoms with Gasteiger partial charge in [0.2, 0.25) is 0 Å². The molecule has 0 spiro atoms. The van der Waals surface area contributed by atoms with Crippen molar-refractivity contribution in [1.29, 1.82) is 0 Å². The number of nitrogens with two attached hydrogens (primary N) is 1. The van der Waals surface area contributed by atoms with Crippen molar-refractivity contribution in [2.24, 2.45) is 5.50 Å². The minimum absolute atomic E-state index is 1.96. The van der Waals surface area contributed by atoms with Gasteiger partial charge in [-0.2, -0.15) is 0 Å². The molecule has 0 amide bonds. The van der Waals surface area contributed by atoms with Crippen molar-refractivity contribution in [3.63, 3.8) is 0 Å². The molecular formula is C9H29Cl4GeN2PSi3. The van der Waals surface area contributed by atoms with Crippen molar-refractivity contribution >= 4 is 81.0 Å². The molecule has 0 rings (SSSR count). The Morgan fingerprint density at radius 2 is 1.05 bits per heavy atom. The predicted molar refractivity (Wildman–Crippen MR) is 112 cm³/mol. The van der Waals surface area contributed by atoms with Gasteiger partial charge in [-0.15, -0.1) is 0 Å². The van der Waals surface area contributed by atoms with Crippen molar-refractivity contribution in [3.8, 4) is 0 Å². The van der Waals surface area contributed by atoms with Crippen molar-refractivity contribution < 1.29 is 0 Å². The number of hydrogen-bond donors (Lipinski definition) is 1. The number of rotatable bonds is 5. The molecule has 0 aromatic rings. The summed E-state index contributed by atoms with van der Waals surface area (Å²) in [6, 6.07) is 0. The van der Waals surface area contributed by atoms with Crippen LogP contribution in [0.4, 0.5) is 0 Å². The van der Waals surface area contributed by atoms with Crippen LogP contribution in [0, 0.1) is 0 Å². The fourth-order valence-electron chi connectivity index (χ4n) is 2.79. The molecule has 0 atom stereocenters. The van der Waals surface area contributed by atoms with Gasteiger partial charge in [0, 0.05) is 0 Å². The summed E-state index contributed by atoms with van der Waals surface area (Å²) in [6.07, 6.45) is 0. The predicted octanol–water partition coefficient (Wildman–Crippen LogP) is 6.44. The van der Waals surface area contributed by atoms with Gasteiger partial charge < -0.3 is 0 Å². The van der Waals surface area contributed by atoms with Gasteiger partial charge in [0.05, 0.1) is 0 Å². The van der Waals surface area contributed by atoms with E-state index in [9.17, 15) is 0 Å². The number of nitrogens with zero attached hydrogens (tertiary/aromatic N) is 1. The van der Waals surface area contributed by atoms with Crippen LogP contribution in [0.3, 0.4) is 0 Å². The van der Waals surface area contributed by atoms with E-state index in [2.05, 4.69) is 62.2 Å². The van der Waals surface area contributed by atoms with Crippen LogP contribution in [-0.2, 0) is 0 Å². The zero-order chi connectivity index (χ0) is 17.0. The molecule has 0 aromatic heterocycles. The zero-order valence-electron chi connectivity index (χ0n) is 14.0. The van der Waals surface area contributed by atoms with Crippen molar-refractivity contribution in [2.45, 2.75) is 58.9 Å². The quantitative estimate of drug-likeness (QED) is 0.352. The van der Waals surface area contributed by atoms with Crippen LogP contribution in [0.5, 0.6) is 0 Å². The fourth-order valence-corrected chi connectivity index (χ4v) is 105. The summed E-state index contributed by atoms with van der Waals surface area (Å²) in [5.74, 6) is 0. The molecule has 20 heavy (non-hydrogen) atoms. The molecule has 0 aliphatic heterocycles. The van der Waals surface area contributed by atoms with Crippen molar-refractivity contribution in [3.05, 3.63) is 0 Å². The molecule has 0 heterocycles. The molecule has 0 fully saturated rings. The summed E-state index contributed by atoms with van der Waals surface area (Å²) >= 11 is 7.47. The van der Waals surface area contributed by atoms with Crippen LogP contribution < -0.4 is 5.50 Å². The molecule has 0 aliphatic carbocycles. The van der Waals surface area contributed by atoms with Crippen LogP contribution in [-0.4, -0.2) is 37.7 Å². The summed E-state index contributed by atoms with van der Waals surface area (Å²) in [5, 5.41) is -3.22. The van der Waals surface area contributed by atoms with Crippen LogP contribution in [0.25, 0.3) is 0 Å². The first kappa shape index (κ1) is 22.7. The minimum atomic E-state index is -3.73. The Morgan fingerprint density at radius 3 is 1.10 bits per heavy atom. The SMILES string of the molecule is C[Si](C)(C)[N]([Ge]([Cl])([Cl])[Cl])P(N)(Cl)([Si](C)(C)C)[Si](C)(C)C. The second kappa shape index (κ2) is 5.90. The first-order valence-electron chi connectivity index (χ1n) is 6.59. The Bertz CT molecular complexity index is 353. The molecule has 0 unspecified atom stereocenters. The second-order valence-corrected chi connectivity index (χ2v) is 59.4. The Morgan fingerprint density at radius 1 is 0.800 bits per heavy atom. The fraction of sp³-hybridized carbons (Fsp3) is 1.00. The molecule has 0 saturated carbocycles. The third-order valence-corrected chi connectivity index (χ3v) is 74.9. The van der Waals surface area contributed by atoms with Gasteiger partial charge in [-0.3, -0.25) is 0 Å². The zero-order valence-corrected chi connectivity index (χ0v) is 23.0. The van der Waals surface area contributed by atoms with E-state index >= 15 is 0 Å². The van der Waals surface area contributed by atoms with Crippen LogP contribution in [0.1, 0.15) is 0 Å². The van der Waals surface area contributed by atoms with E-state index < -0.39 is 39.8 Å².